The van der Waals surface area contributed by atoms with E-state index in [1.807, 2.05) is 0 Å². The number of carbonyl (C=O) groups is 1. The topological polar surface area (TPSA) is 55.8 Å². The highest BCUT2D eigenvalue weighted by Gasteiger charge is 2.22. The minimum absolute atomic E-state index is 0.144. The molecule has 0 unspecified atom stereocenters. The van der Waals surface area contributed by atoms with Crippen molar-refractivity contribution in [2.45, 2.75) is 20.1 Å². The van der Waals surface area contributed by atoms with E-state index in [2.05, 4.69) is 4.74 Å². The lowest BCUT2D eigenvalue weighted by molar-refractivity contribution is 0.0599. The van der Waals surface area contributed by atoms with Gasteiger partial charge in [-0.2, -0.15) is 0 Å². The van der Waals surface area contributed by atoms with Crippen LogP contribution in [-0.4, -0.2) is 18.2 Å². The Hall–Kier alpha value is -1.55. The zero-order valence-corrected chi connectivity index (χ0v) is 8.66. The zero-order valence-electron chi connectivity index (χ0n) is 8.66. The standard InChI is InChI=1S/C11H12O4/c1-6-8(11(13)14-2)3-7-4-15-5-9(7)10(6)12/h3,12H,4-5H2,1-2H3. The van der Waals surface area contributed by atoms with Gasteiger partial charge in [-0.15, -0.1) is 0 Å². The molecule has 0 saturated heterocycles. The van der Waals surface area contributed by atoms with E-state index in [1.165, 1.54) is 7.11 Å². The van der Waals surface area contributed by atoms with Crippen molar-refractivity contribution in [1.82, 2.24) is 0 Å². The number of fused-ring (bicyclic) bond motifs is 1. The molecule has 0 amide bonds. The number of hydrogen-bond acceptors (Lipinski definition) is 4. The first-order chi connectivity index (χ1) is 7.15. The Morgan fingerprint density at radius 3 is 2.93 bits per heavy atom. The molecule has 1 aromatic carbocycles. The Labute approximate surface area is 87.4 Å². The predicted octanol–water partition coefficient (Wildman–Crippen LogP) is 1.52. The second-order valence-corrected chi connectivity index (χ2v) is 3.52. The molecule has 2 rings (SSSR count). The van der Waals surface area contributed by atoms with Crippen LogP contribution in [0.4, 0.5) is 0 Å². The van der Waals surface area contributed by atoms with E-state index in [-0.39, 0.29) is 5.75 Å². The Bertz CT molecular complexity index is 423. The van der Waals surface area contributed by atoms with Crippen molar-refractivity contribution >= 4 is 5.97 Å². The number of phenols is 1. The molecule has 1 aromatic rings. The van der Waals surface area contributed by atoms with E-state index in [1.54, 1.807) is 13.0 Å². The largest absolute Gasteiger partial charge is 0.507 e. The van der Waals surface area contributed by atoms with Crippen LogP contribution in [0.3, 0.4) is 0 Å². The predicted molar refractivity (Wildman–Crippen MR) is 52.7 cm³/mol. The Morgan fingerprint density at radius 2 is 2.27 bits per heavy atom. The van der Waals surface area contributed by atoms with Crippen molar-refractivity contribution in [3.63, 3.8) is 0 Å². The van der Waals surface area contributed by atoms with Crippen LogP contribution in [0.5, 0.6) is 5.75 Å². The molecule has 0 spiro atoms. The molecule has 0 saturated carbocycles. The third-order valence-electron chi connectivity index (χ3n) is 2.66. The summed E-state index contributed by atoms with van der Waals surface area (Å²) in [5.74, 6) is -0.289. The van der Waals surface area contributed by atoms with Crippen LogP contribution in [-0.2, 0) is 22.7 Å². The fourth-order valence-electron chi connectivity index (χ4n) is 1.75. The number of ether oxygens (including phenoxy) is 2. The Kier molecular flexibility index (Phi) is 2.36. The molecule has 0 atom stereocenters. The molecule has 0 aliphatic carbocycles. The van der Waals surface area contributed by atoms with E-state index in [0.29, 0.717) is 24.3 Å². The van der Waals surface area contributed by atoms with Gasteiger partial charge in [-0.3, -0.25) is 0 Å². The first-order valence-electron chi connectivity index (χ1n) is 4.65. The Morgan fingerprint density at radius 1 is 1.53 bits per heavy atom. The zero-order chi connectivity index (χ0) is 11.0. The highest BCUT2D eigenvalue weighted by Crippen LogP contribution is 2.33. The van der Waals surface area contributed by atoms with E-state index < -0.39 is 5.97 Å². The molecule has 4 nitrogen and oxygen atoms in total. The third kappa shape index (κ3) is 1.47. The maximum absolute atomic E-state index is 11.4. The Balaban J connectivity index is 2.59. The van der Waals surface area contributed by atoms with Crippen molar-refractivity contribution in [3.8, 4) is 5.75 Å². The summed E-state index contributed by atoms with van der Waals surface area (Å²) in [5.41, 5.74) is 2.59. The second kappa shape index (κ2) is 3.55. The molecule has 1 heterocycles. The van der Waals surface area contributed by atoms with E-state index in [0.717, 1.165) is 11.1 Å². The highest BCUT2D eigenvalue weighted by molar-refractivity contribution is 5.92. The molecule has 15 heavy (non-hydrogen) atoms. The second-order valence-electron chi connectivity index (χ2n) is 3.52. The van der Waals surface area contributed by atoms with Crippen molar-refractivity contribution in [2.24, 2.45) is 0 Å². The van der Waals surface area contributed by atoms with E-state index >= 15 is 0 Å². The van der Waals surface area contributed by atoms with Crippen LogP contribution in [0, 0.1) is 6.92 Å². The fourth-order valence-corrected chi connectivity index (χ4v) is 1.75. The van der Waals surface area contributed by atoms with Gasteiger partial charge in [-0.1, -0.05) is 0 Å². The van der Waals surface area contributed by atoms with Crippen LogP contribution in [0.1, 0.15) is 27.0 Å². The summed E-state index contributed by atoms with van der Waals surface area (Å²) < 4.78 is 9.85. The van der Waals surface area contributed by atoms with Gasteiger partial charge in [-0.25, -0.2) is 4.79 Å². The van der Waals surface area contributed by atoms with Gasteiger partial charge in [0, 0.05) is 11.1 Å². The minimum atomic E-state index is -0.433. The third-order valence-corrected chi connectivity index (χ3v) is 2.66. The number of benzene rings is 1. The minimum Gasteiger partial charge on any atom is -0.507 e. The normalized spacial score (nSPS) is 13.7. The number of carbonyl (C=O) groups excluding carboxylic acids is 1. The van der Waals surface area contributed by atoms with Gasteiger partial charge in [0.15, 0.2) is 0 Å². The van der Waals surface area contributed by atoms with Crippen LogP contribution >= 0.6 is 0 Å². The van der Waals surface area contributed by atoms with E-state index in [9.17, 15) is 9.90 Å². The van der Waals surface area contributed by atoms with Crippen molar-refractivity contribution in [1.29, 1.82) is 0 Å². The molecule has 0 bridgehead atoms. The van der Waals surface area contributed by atoms with Gasteiger partial charge >= 0.3 is 5.97 Å². The van der Waals surface area contributed by atoms with Crippen molar-refractivity contribution < 1.29 is 19.4 Å². The molecule has 80 valence electrons. The molecule has 0 aromatic heterocycles. The van der Waals surface area contributed by atoms with Gasteiger partial charge in [0.2, 0.25) is 0 Å². The van der Waals surface area contributed by atoms with Crippen LogP contribution < -0.4 is 0 Å². The van der Waals surface area contributed by atoms with Gasteiger partial charge in [0.05, 0.1) is 25.9 Å². The number of aromatic hydroxyl groups is 1. The summed E-state index contributed by atoms with van der Waals surface area (Å²) in [6.45, 7) is 2.54. The lowest BCUT2D eigenvalue weighted by atomic mass is 9.99. The summed E-state index contributed by atoms with van der Waals surface area (Å²) in [5, 5.41) is 9.86. The first kappa shape index (κ1) is 9.98. The summed E-state index contributed by atoms with van der Waals surface area (Å²) in [4.78, 5) is 11.4. The van der Waals surface area contributed by atoms with Gasteiger partial charge in [0.1, 0.15) is 5.75 Å². The van der Waals surface area contributed by atoms with Crippen LogP contribution in [0.2, 0.25) is 0 Å². The molecule has 1 aliphatic heterocycles. The molecule has 0 fully saturated rings. The average molecular weight is 208 g/mol. The quantitative estimate of drug-likeness (QED) is 0.711. The van der Waals surface area contributed by atoms with Crippen molar-refractivity contribution in [2.75, 3.05) is 7.11 Å². The summed E-state index contributed by atoms with van der Waals surface area (Å²) in [6, 6.07) is 1.73. The maximum atomic E-state index is 11.4. The van der Waals surface area contributed by atoms with Crippen LogP contribution in [0.25, 0.3) is 0 Å². The molecule has 4 heteroatoms. The molecule has 1 aliphatic rings. The number of hydrogen-bond donors (Lipinski definition) is 1. The average Bonchev–Trinajstić information content (AvgIpc) is 2.70. The van der Waals surface area contributed by atoms with Crippen LogP contribution in [0.15, 0.2) is 6.07 Å². The molecule has 1 N–H and O–H groups in total. The summed E-state index contributed by atoms with van der Waals surface area (Å²) in [7, 11) is 1.32. The van der Waals surface area contributed by atoms with Gasteiger partial charge in [-0.05, 0) is 18.6 Å². The lowest BCUT2D eigenvalue weighted by Crippen LogP contribution is -2.05. The first-order valence-corrected chi connectivity index (χ1v) is 4.65. The summed E-state index contributed by atoms with van der Waals surface area (Å²) >= 11 is 0. The highest BCUT2D eigenvalue weighted by atomic mass is 16.5. The number of phenolic OH excluding ortho intramolecular Hbond substituents is 1. The molecule has 0 radical (unpaired) electrons. The lowest BCUT2D eigenvalue weighted by Gasteiger charge is -2.09. The molecular weight excluding hydrogens is 196 g/mol. The van der Waals surface area contributed by atoms with E-state index in [4.69, 9.17) is 4.74 Å². The smallest absolute Gasteiger partial charge is 0.338 e. The molecular formula is C11H12O4. The fraction of sp³-hybridized carbons (Fsp3) is 0.364. The van der Waals surface area contributed by atoms with Gasteiger partial charge < -0.3 is 14.6 Å². The van der Waals surface area contributed by atoms with Gasteiger partial charge in [0.25, 0.3) is 0 Å². The maximum Gasteiger partial charge on any atom is 0.338 e. The van der Waals surface area contributed by atoms with Crippen molar-refractivity contribution in [3.05, 3.63) is 28.3 Å². The summed E-state index contributed by atoms with van der Waals surface area (Å²) in [6.07, 6.45) is 0. The SMILES string of the molecule is COC(=O)c1cc2c(c(O)c1C)COC2. The number of esters is 1. The number of rotatable bonds is 1. The monoisotopic (exact) mass is 208 g/mol. The number of methoxy groups -OCH3 is 1.